The van der Waals surface area contributed by atoms with Crippen LogP contribution in [0.1, 0.15) is 336 Å². The molecule has 0 rings (SSSR count). The molecule has 0 bridgehead atoms. The number of carbonyl (C=O) groups is 4. The lowest BCUT2D eigenvalue weighted by atomic mass is 10.0. The third kappa shape index (κ3) is 77.4. The van der Waals surface area contributed by atoms with Gasteiger partial charge >= 0.3 is 39.5 Å². The Kier molecular flexibility index (Phi) is 74.8. The number of phosphoric ester groups is 2. The van der Waals surface area contributed by atoms with E-state index < -0.39 is 97.5 Å². The first kappa shape index (κ1) is 101. The van der Waals surface area contributed by atoms with E-state index in [9.17, 15) is 43.2 Å². The van der Waals surface area contributed by atoms with Gasteiger partial charge in [-0.2, -0.15) is 0 Å². The topological polar surface area (TPSA) is 237 Å². The van der Waals surface area contributed by atoms with Crippen LogP contribution in [0.2, 0.25) is 0 Å². The zero-order valence-electron chi connectivity index (χ0n) is 66.6. The summed E-state index contributed by atoms with van der Waals surface area (Å²) in [4.78, 5) is 73.1. The standard InChI is InChI=1S/C87H148O17P2/c1-5-9-13-17-21-25-29-33-37-39-40-42-45-48-52-56-60-64-68-72-85(90)98-78-83(104-87(92)74-70-66-62-58-54-50-46-41-38-34-30-26-22-18-14-10-6-2)80-102-106(95,96)100-76-81(88)75-99-105(93,94)101-79-82(103-86(91)73-69-65-61-57-53-49-44-36-32-28-24-20-16-12-8-4)77-97-84(89)71-67-63-59-55-51-47-43-35-31-27-23-19-15-11-7-3/h9-10,13-14,21-23,25-27,33-35,37-38,40,42-43,46,50,58,62,81-83,88H,5-8,11-12,15-20,24,28-32,36,39,41,44-45,47-49,51-57,59-61,63-80H2,1-4H3,(H,93,94)(H,95,96)/b13-9-,14-10-,25-21-,26-22-,27-23-,37-33-,38-34-,42-40-,43-35-,50-46-,62-58-. The van der Waals surface area contributed by atoms with Crippen molar-refractivity contribution in [2.75, 3.05) is 39.6 Å². The normalized spacial score (nSPS) is 14.5. The molecule has 3 N–H and O–H groups in total. The van der Waals surface area contributed by atoms with Gasteiger partial charge in [-0.3, -0.25) is 37.3 Å². The van der Waals surface area contributed by atoms with Crippen LogP contribution in [0.5, 0.6) is 0 Å². The van der Waals surface area contributed by atoms with E-state index in [4.69, 9.17) is 37.0 Å². The maximum atomic E-state index is 13.1. The Morgan fingerprint density at radius 1 is 0.274 bits per heavy atom. The molecule has 0 aliphatic rings. The molecule has 0 aromatic rings. The van der Waals surface area contributed by atoms with Gasteiger partial charge in [0.1, 0.15) is 19.3 Å². The Bertz CT molecular complexity index is 2530. The van der Waals surface area contributed by atoms with Crippen LogP contribution >= 0.6 is 15.6 Å². The summed E-state index contributed by atoms with van der Waals surface area (Å²) in [6, 6.07) is 0. The number of hydrogen-bond donors (Lipinski definition) is 3. The van der Waals surface area contributed by atoms with Crippen LogP contribution in [0.4, 0.5) is 0 Å². The Labute approximate surface area is 644 Å². The molecule has 5 unspecified atom stereocenters. The SMILES string of the molecule is CC/C=C\C/C=C\C/C=C\C/C=C\C/C=C\CCCC(=O)OC(COC(=O)CCCCCCCC/C=C\C/C=C\C/C=C\C/C=C\CC)COP(=O)(O)OCC(O)COP(=O)(O)OCC(COC(=O)CCCCCCC/C=C\C/C=C\CCCCC)OC(=O)CCCCCCCCCCCCCCCCC. The van der Waals surface area contributed by atoms with E-state index in [-0.39, 0.29) is 25.7 Å². The first-order chi connectivity index (χ1) is 51.7. The fourth-order valence-electron chi connectivity index (χ4n) is 10.9. The monoisotopic (exact) mass is 1530 g/mol. The molecule has 19 heteroatoms. The summed E-state index contributed by atoms with van der Waals surface area (Å²) in [5, 5.41) is 10.7. The Balaban J connectivity index is 5.43. The van der Waals surface area contributed by atoms with Crippen molar-refractivity contribution in [2.24, 2.45) is 0 Å². The van der Waals surface area contributed by atoms with Crippen LogP contribution < -0.4 is 0 Å². The second kappa shape index (κ2) is 78.3. The van der Waals surface area contributed by atoms with E-state index in [1.165, 1.54) is 83.5 Å². The van der Waals surface area contributed by atoms with Gasteiger partial charge < -0.3 is 33.8 Å². The molecule has 106 heavy (non-hydrogen) atoms. The molecule has 5 atom stereocenters. The van der Waals surface area contributed by atoms with Gasteiger partial charge in [0.2, 0.25) is 0 Å². The largest absolute Gasteiger partial charge is 0.472 e. The lowest BCUT2D eigenvalue weighted by Crippen LogP contribution is -2.30. The Morgan fingerprint density at radius 2 is 0.500 bits per heavy atom. The number of carbonyl (C=O) groups excluding carboxylic acids is 4. The average Bonchev–Trinajstić information content (AvgIpc) is 0.907. The first-order valence-electron chi connectivity index (χ1n) is 41.4. The Morgan fingerprint density at radius 3 is 0.811 bits per heavy atom. The van der Waals surface area contributed by atoms with E-state index in [1.54, 1.807) is 0 Å². The summed E-state index contributed by atoms with van der Waals surface area (Å²) in [5.74, 6) is -2.26. The van der Waals surface area contributed by atoms with Crippen molar-refractivity contribution in [1.82, 2.24) is 0 Å². The second-order valence-electron chi connectivity index (χ2n) is 27.3. The fourth-order valence-corrected chi connectivity index (χ4v) is 12.4. The highest BCUT2D eigenvalue weighted by molar-refractivity contribution is 7.47. The van der Waals surface area contributed by atoms with Gasteiger partial charge in [-0.25, -0.2) is 9.13 Å². The van der Waals surface area contributed by atoms with E-state index >= 15 is 0 Å². The highest BCUT2D eigenvalue weighted by Crippen LogP contribution is 2.45. The summed E-state index contributed by atoms with van der Waals surface area (Å²) in [5.41, 5.74) is 0. The highest BCUT2D eigenvalue weighted by Gasteiger charge is 2.30. The molecule has 0 heterocycles. The molecule has 0 radical (unpaired) electrons. The molecule has 0 aromatic carbocycles. The molecule has 0 spiro atoms. The number of aliphatic hydroxyl groups is 1. The van der Waals surface area contributed by atoms with Crippen molar-refractivity contribution in [3.8, 4) is 0 Å². The van der Waals surface area contributed by atoms with Gasteiger partial charge in [0, 0.05) is 25.7 Å². The molecule has 17 nitrogen and oxygen atoms in total. The van der Waals surface area contributed by atoms with Gasteiger partial charge in [0.15, 0.2) is 12.2 Å². The summed E-state index contributed by atoms with van der Waals surface area (Å²) in [6.07, 6.45) is 88.5. The quantitative estimate of drug-likeness (QED) is 0.0169. The number of unbranched alkanes of at least 4 members (excludes halogenated alkanes) is 29. The number of esters is 4. The predicted octanol–water partition coefficient (Wildman–Crippen LogP) is 24.4. The van der Waals surface area contributed by atoms with E-state index in [0.717, 1.165) is 167 Å². The van der Waals surface area contributed by atoms with E-state index in [1.807, 2.05) is 12.2 Å². The van der Waals surface area contributed by atoms with Crippen LogP contribution in [-0.2, 0) is 65.4 Å². The van der Waals surface area contributed by atoms with Gasteiger partial charge in [-0.1, -0.05) is 309 Å². The minimum atomic E-state index is -5.00. The van der Waals surface area contributed by atoms with Crippen molar-refractivity contribution >= 4 is 39.5 Å². The fraction of sp³-hybridized carbons (Fsp3) is 0.701. The number of hydrogen-bond acceptors (Lipinski definition) is 15. The third-order valence-corrected chi connectivity index (χ3v) is 19.0. The first-order valence-corrected chi connectivity index (χ1v) is 44.4. The zero-order chi connectivity index (χ0) is 77.4. The molecule has 0 saturated heterocycles. The molecule has 608 valence electrons. The number of allylic oxidation sites excluding steroid dienone is 22. The van der Waals surface area contributed by atoms with Crippen LogP contribution in [0.25, 0.3) is 0 Å². The Hall–Kier alpha value is -4.80. The molecule has 0 fully saturated rings. The minimum absolute atomic E-state index is 0.0101. The second-order valence-corrected chi connectivity index (χ2v) is 30.2. The van der Waals surface area contributed by atoms with E-state index in [2.05, 4.69) is 149 Å². The van der Waals surface area contributed by atoms with Crippen molar-refractivity contribution in [3.63, 3.8) is 0 Å². The summed E-state index contributed by atoms with van der Waals surface area (Å²) >= 11 is 0. The maximum absolute atomic E-state index is 13.1. The minimum Gasteiger partial charge on any atom is -0.462 e. The van der Waals surface area contributed by atoms with Crippen LogP contribution in [-0.4, -0.2) is 96.7 Å². The van der Waals surface area contributed by atoms with Crippen molar-refractivity contribution < 1.29 is 80.2 Å². The van der Waals surface area contributed by atoms with Crippen LogP contribution in [0.15, 0.2) is 134 Å². The highest BCUT2D eigenvalue weighted by atomic mass is 31.2. The molecule has 0 aliphatic heterocycles. The van der Waals surface area contributed by atoms with Crippen molar-refractivity contribution in [1.29, 1.82) is 0 Å². The third-order valence-electron chi connectivity index (χ3n) is 17.1. The molecule has 0 amide bonds. The molecule has 0 saturated carbocycles. The van der Waals surface area contributed by atoms with Gasteiger partial charge in [0.25, 0.3) is 0 Å². The van der Waals surface area contributed by atoms with Gasteiger partial charge in [-0.15, -0.1) is 0 Å². The lowest BCUT2D eigenvalue weighted by molar-refractivity contribution is -0.161. The molecule has 0 aromatic heterocycles. The number of ether oxygens (including phenoxy) is 4. The van der Waals surface area contributed by atoms with Gasteiger partial charge in [0.05, 0.1) is 26.4 Å². The summed E-state index contributed by atoms with van der Waals surface area (Å²) in [6.45, 7) is 4.56. The predicted molar refractivity (Wildman–Crippen MR) is 436 cm³/mol. The van der Waals surface area contributed by atoms with Crippen LogP contribution in [0.3, 0.4) is 0 Å². The van der Waals surface area contributed by atoms with Crippen molar-refractivity contribution in [3.05, 3.63) is 134 Å². The summed E-state index contributed by atoms with van der Waals surface area (Å²) in [7, 11) is -9.99. The smallest absolute Gasteiger partial charge is 0.462 e. The van der Waals surface area contributed by atoms with E-state index in [0.29, 0.717) is 32.1 Å². The number of aliphatic hydroxyl groups excluding tert-OH is 1. The number of rotatable bonds is 77. The average molecular weight is 1530 g/mol. The van der Waals surface area contributed by atoms with Crippen LogP contribution in [0, 0.1) is 0 Å². The molecule has 0 aliphatic carbocycles. The summed E-state index contributed by atoms with van der Waals surface area (Å²) < 4.78 is 68.7. The van der Waals surface area contributed by atoms with Crippen molar-refractivity contribution in [2.45, 2.75) is 354 Å². The molecular formula is C87H148O17P2. The van der Waals surface area contributed by atoms with Gasteiger partial charge in [-0.05, 0) is 135 Å². The lowest BCUT2D eigenvalue weighted by Gasteiger charge is -2.21. The number of phosphoric acid groups is 2. The maximum Gasteiger partial charge on any atom is 0.472 e. The zero-order valence-corrected chi connectivity index (χ0v) is 68.4. The molecular weight excluding hydrogens is 1380 g/mol.